The first kappa shape index (κ1) is 16.6. The predicted octanol–water partition coefficient (Wildman–Crippen LogP) is 2.60. The highest BCUT2D eigenvalue weighted by molar-refractivity contribution is 6.39. The van der Waals surface area contributed by atoms with Crippen LogP contribution in [0.3, 0.4) is 0 Å². The van der Waals surface area contributed by atoms with Crippen molar-refractivity contribution in [2.45, 2.75) is 26.3 Å². The van der Waals surface area contributed by atoms with Gasteiger partial charge in [-0.3, -0.25) is 14.6 Å². The fourth-order valence-electron chi connectivity index (χ4n) is 2.21. The minimum Gasteiger partial charge on any atom is -0.440 e. The van der Waals surface area contributed by atoms with E-state index in [0.29, 0.717) is 28.4 Å². The molecular weight excluding hydrogens is 320 g/mol. The van der Waals surface area contributed by atoms with E-state index in [1.54, 1.807) is 36.5 Å². The smallest absolute Gasteiger partial charge is 0.313 e. The van der Waals surface area contributed by atoms with Crippen molar-refractivity contribution in [2.24, 2.45) is 0 Å². The highest BCUT2D eigenvalue weighted by Gasteiger charge is 2.15. The van der Waals surface area contributed by atoms with Crippen LogP contribution < -0.4 is 10.6 Å². The molecule has 0 saturated carbocycles. The summed E-state index contributed by atoms with van der Waals surface area (Å²) in [7, 11) is 0. The van der Waals surface area contributed by atoms with E-state index in [4.69, 9.17) is 4.42 Å². The molecule has 0 aliphatic rings. The fraction of sp³-hybridized carbons (Fsp3) is 0.222. The molecule has 0 aliphatic heterocycles. The van der Waals surface area contributed by atoms with Gasteiger partial charge >= 0.3 is 11.8 Å². The average molecular weight is 338 g/mol. The number of nitrogens with zero attached hydrogens (tertiary/aromatic N) is 2. The first-order valence-electron chi connectivity index (χ1n) is 7.92. The lowest BCUT2D eigenvalue weighted by Crippen LogP contribution is -2.35. The number of anilines is 1. The molecule has 2 aromatic heterocycles. The molecule has 3 aromatic rings. The maximum absolute atomic E-state index is 12.0. The number of rotatable bonds is 4. The summed E-state index contributed by atoms with van der Waals surface area (Å²) in [5.74, 6) is -0.675. The van der Waals surface area contributed by atoms with E-state index in [0.717, 1.165) is 0 Å². The van der Waals surface area contributed by atoms with Crippen molar-refractivity contribution >= 4 is 28.6 Å². The lowest BCUT2D eigenvalue weighted by molar-refractivity contribution is -0.136. The summed E-state index contributed by atoms with van der Waals surface area (Å²) in [5.41, 5.74) is 2.43. The number of carbonyl (C=O) groups is 2. The van der Waals surface area contributed by atoms with E-state index in [1.807, 2.05) is 19.9 Å². The molecule has 128 valence electrons. The van der Waals surface area contributed by atoms with Crippen molar-refractivity contribution in [3.63, 3.8) is 0 Å². The molecule has 25 heavy (non-hydrogen) atoms. The monoisotopic (exact) mass is 338 g/mol. The quantitative estimate of drug-likeness (QED) is 0.713. The van der Waals surface area contributed by atoms with Crippen molar-refractivity contribution in [2.75, 3.05) is 5.32 Å². The maximum Gasteiger partial charge on any atom is 0.313 e. The van der Waals surface area contributed by atoms with E-state index in [2.05, 4.69) is 20.6 Å². The number of pyridine rings is 1. The Morgan fingerprint density at radius 3 is 2.72 bits per heavy atom. The van der Waals surface area contributed by atoms with Crippen LogP contribution in [-0.2, 0) is 16.1 Å². The molecule has 3 rings (SSSR count). The molecule has 0 unspecified atom stereocenters. The molecule has 0 aliphatic carbocycles. The third-order valence-corrected chi connectivity index (χ3v) is 3.52. The molecule has 2 N–H and O–H groups in total. The Kier molecular flexibility index (Phi) is 4.74. The van der Waals surface area contributed by atoms with Crippen molar-refractivity contribution < 1.29 is 14.0 Å². The van der Waals surface area contributed by atoms with Crippen molar-refractivity contribution in [3.05, 3.63) is 54.2 Å². The van der Waals surface area contributed by atoms with Gasteiger partial charge in [0.2, 0.25) is 0 Å². The van der Waals surface area contributed by atoms with Crippen LogP contribution in [0.5, 0.6) is 0 Å². The third-order valence-electron chi connectivity index (χ3n) is 3.52. The van der Waals surface area contributed by atoms with Gasteiger partial charge in [0.05, 0.1) is 12.2 Å². The topological polar surface area (TPSA) is 97.1 Å². The number of hydrogen-bond acceptors (Lipinski definition) is 5. The number of amides is 2. The molecule has 0 spiro atoms. The first-order valence-corrected chi connectivity index (χ1v) is 7.92. The van der Waals surface area contributed by atoms with Crippen molar-refractivity contribution in [1.82, 2.24) is 15.3 Å². The lowest BCUT2D eigenvalue weighted by Gasteiger charge is -2.06. The Hall–Kier alpha value is -3.22. The Bertz CT molecular complexity index is 903. The molecule has 0 saturated heterocycles. The second kappa shape index (κ2) is 7.12. The van der Waals surface area contributed by atoms with E-state index in [9.17, 15) is 9.59 Å². The third kappa shape index (κ3) is 4.00. The number of fused-ring (bicyclic) bond motifs is 1. The van der Waals surface area contributed by atoms with Crippen LogP contribution in [0.2, 0.25) is 0 Å². The number of oxazole rings is 1. The van der Waals surface area contributed by atoms with E-state index < -0.39 is 11.8 Å². The second-order valence-corrected chi connectivity index (χ2v) is 5.85. The summed E-state index contributed by atoms with van der Waals surface area (Å²) >= 11 is 0. The largest absolute Gasteiger partial charge is 0.440 e. The van der Waals surface area contributed by atoms with Crippen LogP contribution in [-0.4, -0.2) is 21.8 Å². The van der Waals surface area contributed by atoms with Crippen molar-refractivity contribution in [1.29, 1.82) is 0 Å². The molecule has 7 heteroatoms. The van der Waals surface area contributed by atoms with E-state index in [-0.39, 0.29) is 12.5 Å². The van der Waals surface area contributed by atoms with Gasteiger partial charge < -0.3 is 15.1 Å². The molecule has 7 nitrogen and oxygen atoms in total. The second-order valence-electron chi connectivity index (χ2n) is 5.85. The molecule has 0 bridgehead atoms. The van der Waals surface area contributed by atoms with Crippen LogP contribution >= 0.6 is 0 Å². The van der Waals surface area contributed by atoms with Gasteiger partial charge in [0.1, 0.15) is 5.52 Å². The number of benzene rings is 1. The van der Waals surface area contributed by atoms with E-state index in [1.165, 1.54) is 0 Å². The SMILES string of the molecule is CC(C)c1nc2cc(NC(=O)C(=O)NCc3ccccn3)ccc2o1. The fourth-order valence-corrected chi connectivity index (χ4v) is 2.21. The van der Waals surface area contributed by atoms with E-state index >= 15 is 0 Å². The predicted molar refractivity (Wildman–Crippen MR) is 92.8 cm³/mol. The highest BCUT2D eigenvalue weighted by atomic mass is 16.3. The molecular formula is C18H18N4O3. The zero-order valence-electron chi connectivity index (χ0n) is 13.9. The van der Waals surface area contributed by atoms with Crippen LogP contribution in [0.4, 0.5) is 5.69 Å². The van der Waals surface area contributed by atoms with Gasteiger partial charge in [-0.1, -0.05) is 19.9 Å². The maximum atomic E-state index is 12.0. The van der Waals surface area contributed by atoms with Crippen molar-refractivity contribution in [3.8, 4) is 0 Å². The van der Waals surface area contributed by atoms with Gasteiger partial charge in [-0.2, -0.15) is 0 Å². The average Bonchev–Trinajstić information content (AvgIpc) is 3.04. The van der Waals surface area contributed by atoms with Gasteiger partial charge in [-0.15, -0.1) is 0 Å². The normalized spacial score (nSPS) is 10.8. The summed E-state index contributed by atoms with van der Waals surface area (Å²) in [4.78, 5) is 32.3. The summed E-state index contributed by atoms with van der Waals surface area (Å²) in [6.07, 6.45) is 1.63. The summed E-state index contributed by atoms with van der Waals surface area (Å²) in [6, 6.07) is 10.4. The highest BCUT2D eigenvalue weighted by Crippen LogP contribution is 2.23. The van der Waals surface area contributed by atoms with Gasteiger partial charge in [0.25, 0.3) is 0 Å². The summed E-state index contributed by atoms with van der Waals surface area (Å²) in [6.45, 7) is 4.16. The van der Waals surface area contributed by atoms with Gasteiger partial charge in [0, 0.05) is 17.8 Å². The molecule has 2 amide bonds. The van der Waals surface area contributed by atoms with Crippen LogP contribution in [0, 0.1) is 0 Å². The Labute approximate surface area is 144 Å². The Balaban J connectivity index is 1.63. The summed E-state index contributed by atoms with van der Waals surface area (Å²) in [5, 5.41) is 5.08. The standard InChI is InChI=1S/C18H18N4O3/c1-11(2)18-22-14-9-12(6-7-15(14)25-18)21-17(24)16(23)20-10-13-5-3-4-8-19-13/h3-9,11H,10H2,1-2H3,(H,20,23)(H,21,24). The number of nitrogens with one attached hydrogen (secondary N) is 2. The molecule has 0 fully saturated rings. The first-order chi connectivity index (χ1) is 12.0. The summed E-state index contributed by atoms with van der Waals surface area (Å²) < 4.78 is 5.61. The van der Waals surface area contributed by atoms with Crippen LogP contribution in [0.1, 0.15) is 31.4 Å². The zero-order chi connectivity index (χ0) is 17.8. The minimum absolute atomic E-state index is 0.169. The molecule has 0 radical (unpaired) electrons. The minimum atomic E-state index is -0.747. The lowest BCUT2D eigenvalue weighted by atomic mass is 10.2. The van der Waals surface area contributed by atoms with Crippen LogP contribution in [0.15, 0.2) is 47.0 Å². The molecule has 1 aromatic carbocycles. The molecule has 0 atom stereocenters. The Morgan fingerprint density at radius 2 is 2.00 bits per heavy atom. The number of hydrogen-bond donors (Lipinski definition) is 2. The number of aromatic nitrogens is 2. The zero-order valence-corrected chi connectivity index (χ0v) is 13.9. The Morgan fingerprint density at radius 1 is 1.16 bits per heavy atom. The van der Waals surface area contributed by atoms with Crippen LogP contribution in [0.25, 0.3) is 11.1 Å². The van der Waals surface area contributed by atoms with Gasteiger partial charge in [0.15, 0.2) is 11.5 Å². The number of carbonyl (C=O) groups excluding carboxylic acids is 2. The van der Waals surface area contributed by atoms with Gasteiger partial charge in [-0.25, -0.2) is 4.98 Å². The van der Waals surface area contributed by atoms with Gasteiger partial charge in [-0.05, 0) is 30.3 Å². The molecule has 2 heterocycles.